The van der Waals surface area contributed by atoms with Crippen LogP contribution in [0.2, 0.25) is 0 Å². The molecule has 3 rings (SSSR count). The lowest BCUT2D eigenvalue weighted by Gasteiger charge is -2.15. The van der Waals surface area contributed by atoms with Gasteiger partial charge in [0.05, 0.1) is 11.3 Å². The lowest BCUT2D eigenvalue weighted by molar-refractivity contribution is 0.102. The summed E-state index contributed by atoms with van der Waals surface area (Å²) in [6, 6.07) is 16.9. The number of aryl methyl sites for hydroxylation is 3. The number of aromatic nitrogens is 2. The van der Waals surface area contributed by atoms with Gasteiger partial charge >= 0.3 is 0 Å². The summed E-state index contributed by atoms with van der Waals surface area (Å²) in [7, 11) is 0. The third-order valence-corrected chi connectivity index (χ3v) is 4.62. The summed E-state index contributed by atoms with van der Waals surface area (Å²) in [5, 5.41) is 15.3. The van der Waals surface area contributed by atoms with Gasteiger partial charge in [0.2, 0.25) is 5.95 Å². The summed E-state index contributed by atoms with van der Waals surface area (Å²) < 4.78 is 0. The van der Waals surface area contributed by atoms with Crippen LogP contribution in [-0.4, -0.2) is 15.9 Å². The molecule has 0 atom stereocenters. The van der Waals surface area contributed by atoms with Gasteiger partial charge in [-0.15, -0.1) is 0 Å². The molecule has 0 fully saturated rings. The van der Waals surface area contributed by atoms with Crippen LogP contribution in [0.3, 0.4) is 0 Å². The number of carbonyl (C=O) groups is 1. The van der Waals surface area contributed by atoms with E-state index in [0.29, 0.717) is 16.9 Å². The maximum atomic E-state index is 12.9. The Morgan fingerprint density at radius 1 is 1.03 bits per heavy atom. The number of rotatable bonds is 6. The molecular formula is C23H23N5O. The lowest BCUT2D eigenvalue weighted by Crippen LogP contribution is -2.17. The molecule has 1 aromatic heterocycles. The van der Waals surface area contributed by atoms with Crippen molar-refractivity contribution < 1.29 is 4.79 Å². The van der Waals surface area contributed by atoms with Gasteiger partial charge in [-0.3, -0.25) is 4.79 Å². The third kappa shape index (κ3) is 4.58. The molecule has 0 aliphatic rings. The molecule has 0 spiro atoms. The highest BCUT2D eigenvalue weighted by molar-refractivity contribution is 6.04. The topological polar surface area (TPSA) is 90.7 Å². The molecule has 2 aromatic carbocycles. The van der Waals surface area contributed by atoms with Gasteiger partial charge in [-0.2, -0.15) is 5.26 Å². The van der Waals surface area contributed by atoms with Gasteiger partial charge < -0.3 is 10.6 Å². The molecule has 0 unspecified atom stereocenters. The van der Waals surface area contributed by atoms with Crippen molar-refractivity contribution in [3.05, 3.63) is 76.6 Å². The van der Waals surface area contributed by atoms with Gasteiger partial charge in [-0.25, -0.2) is 9.97 Å². The molecule has 0 saturated carbocycles. The second kappa shape index (κ2) is 8.98. The van der Waals surface area contributed by atoms with Crippen LogP contribution < -0.4 is 10.6 Å². The van der Waals surface area contributed by atoms with E-state index in [4.69, 9.17) is 0 Å². The highest BCUT2D eigenvalue weighted by Gasteiger charge is 2.15. The van der Waals surface area contributed by atoms with Crippen LogP contribution in [0.25, 0.3) is 0 Å². The van der Waals surface area contributed by atoms with Crippen LogP contribution in [-0.2, 0) is 12.8 Å². The van der Waals surface area contributed by atoms with Crippen molar-refractivity contribution in [3.63, 3.8) is 0 Å². The molecule has 0 radical (unpaired) electrons. The molecule has 0 bridgehead atoms. The first-order valence-corrected chi connectivity index (χ1v) is 9.59. The normalized spacial score (nSPS) is 10.3. The van der Waals surface area contributed by atoms with Gasteiger partial charge in [0, 0.05) is 11.4 Å². The fourth-order valence-corrected chi connectivity index (χ4v) is 3.13. The SMILES string of the molecule is CCc1cccc(CC)c1NC(=O)c1cc(C)nc(Nc2ccccc2C#N)n1. The average molecular weight is 385 g/mol. The Bertz CT molecular complexity index is 1060. The number of nitrogens with one attached hydrogen (secondary N) is 2. The molecule has 6 nitrogen and oxygen atoms in total. The molecule has 3 aromatic rings. The molecule has 1 heterocycles. The number of amides is 1. The number of carbonyl (C=O) groups excluding carboxylic acids is 1. The molecule has 146 valence electrons. The van der Waals surface area contributed by atoms with Crippen molar-refractivity contribution >= 4 is 23.2 Å². The fourth-order valence-electron chi connectivity index (χ4n) is 3.13. The number of para-hydroxylation sites is 2. The number of benzene rings is 2. The first kappa shape index (κ1) is 20.0. The first-order valence-electron chi connectivity index (χ1n) is 9.59. The Kier molecular flexibility index (Phi) is 6.20. The van der Waals surface area contributed by atoms with Crippen molar-refractivity contribution in [2.45, 2.75) is 33.6 Å². The maximum Gasteiger partial charge on any atom is 0.274 e. The summed E-state index contributed by atoms with van der Waals surface area (Å²) in [6.45, 7) is 5.93. The Morgan fingerprint density at radius 2 is 1.72 bits per heavy atom. The molecule has 0 saturated heterocycles. The Balaban J connectivity index is 1.91. The van der Waals surface area contributed by atoms with Crippen molar-refractivity contribution in [1.82, 2.24) is 9.97 Å². The summed E-state index contributed by atoms with van der Waals surface area (Å²) in [4.78, 5) is 21.7. The van der Waals surface area contributed by atoms with Crippen LogP contribution >= 0.6 is 0 Å². The highest BCUT2D eigenvalue weighted by atomic mass is 16.1. The molecule has 6 heteroatoms. The van der Waals surface area contributed by atoms with Crippen molar-refractivity contribution in [2.24, 2.45) is 0 Å². The molecule has 0 aliphatic heterocycles. The average Bonchev–Trinajstić information content (AvgIpc) is 2.73. The summed E-state index contributed by atoms with van der Waals surface area (Å²) in [5.74, 6) is -0.0138. The van der Waals surface area contributed by atoms with Gasteiger partial charge in [0.25, 0.3) is 5.91 Å². The van der Waals surface area contributed by atoms with Crippen molar-refractivity contribution in [3.8, 4) is 6.07 Å². The summed E-state index contributed by atoms with van der Waals surface area (Å²) in [6.07, 6.45) is 1.65. The second-order valence-corrected chi connectivity index (χ2v) is 6.61. The highest BCUT2D eigenvalue weighted by Crippen LogP contribution is 2.24. The predicted molar refractivity (Wildman–Crippen MR) is 114 cm³/mol. The van der Waals surface area contributed by atoms with E-state index in [1.54, 1.807) is 31.2 Å². The minimum atomic E-state index is -0.289. The van der Waals surface area contributed by atoms with Crippen LogP contribution in [0.1, 0.15) is 46.7 Å². The number of hydrogen-bond donors (Lipinski definition) is 2. The minimum absolute atomic E-state index is 0.266. The second-order valence-electron chi connectivity index (χ2n) is 6.61. The van der Waals surface area contributed by atoms with Crippen LogP contribution in [0.15, 0.2) is 48.5 Å². The largest absolute Gasteiger partial charge is 0.323 e. The van der Waals surface area contributed by atoms with E-state index in [0.717, 1.165) is 29.7 Å². The fraction of sp³-hybridized carbons (Fsp3) is 0.217. The minimum Gasteiger partial charge on any atom is -0.323 e. The molecular weight excluding hydrogens is 362 g/mol. The smallest absolute Gasteiger partial charge is 0.274 e. The number of nitrogens with zero attached hydrogens (tertiary/aromatic N) is 3. The van der Waals surface area contributed by atoms with E-state index in [2.05, 4.69) is 40.5 Å². The van der Waals surface area contributed by atoms with E-state index < -0.39 is 0 Å². The molecule has 0 aliphatic carbocycles. The van der Waals surface area contributed by atoms with Crippen LogP contribution in [0.4, 0.5) is 17.3 Å². The van der Waals surface area contributed by atoms with Gasteiger partial charge in [0.15, 0.2) is 0 Å². The standard InChI is InChI=1S/C23H23N5O/c1-4-16-10-8-11-17(5-2)21(16)28-22(29)20-13-15(3)25-23(27-20)26-19-12-7-6-9-18(19)14-24/h6-13H,4-5H2,1-3H3,(H,28,29)(H,25,26,27). The van der Waals surface area contributed by atoms with E-state index in [-0.39, 0.29) is 17.5 Å². The number of nitriles is 1. The molecule has 1 amide bonds. The molecule has 2 N–H and O–H groups in total. The Morgan fingerprint density at radius 3 is 2.38 bits per heavy atom. The van der Waals surface area contributed by atoms with Crippen molar-refractivity contribution in [1.29, 1.82) is 5.26 Å². The van der Waals surface area contributed by atoms with E-state index >= 15 is 0 Å². The monoisotopic (exact) mass is 385 g/mol. The van der Waals surface area contributed by atoms with E-state index in [1.165, 1.54) is 0 Å². The zero-order valence-electron chi connectivity index (χ0n) is 16.8. The zero-order valence-corrected chi connectivity index (χ0v) is 16.8. The third-order valence-electron chi connectivity index (χ3n) is 4.62. The van der Waals surface area contributed by atoms with Crippen LogP contribution in [0.5, 0.6) is 0 Å². The number of anilines is 3. The maximum absolute atomic E-state index is 12.9. The zero-order chi connectivity index (χ0) is 20.8. The van der Waals surface area contributed by atoms with Crippen LogP contribution in [0, 0.1) is 18.3 Å². The van der Waals surface area contributed by atoms with Gasteiger partial charge in [-0.1, -0.05) is 44.2 Å². The predicted octanol–water partition coefficient (Wildman–Crippen LogP) is 4.78. The van der Waals surface area contributed by atoms with E-state index in [1.807, 2.05) is 24.3 Å². The number of hydrogen-bond acceptors (Lipinski definition) is 5. The lowest BCUT2D eigenvalue weighted by atomic mass is 10.0. The quantitative estimate of drug-likeness (QED) is 0.637. The van der Waals surface area contributed by atoms with E-state index in [9.17, 15) is 10.1 Å². The van der Waals surface area contributed by atoms with Gasteiger partial charge in [0.1, 0.15) is 11.8 Å². The molecule has 29 heavy (non-hydrogen) atoms. The van der Waals surface area contributed by atoms with Gasteiger partial charge in [-0.05, 0) is 49.1 Å². The summed E-state index contributed by atoms with van der Waals surface area (Å²) >= 11 is 0. The summed E-state index contributed by atoms with van der Waals surface area (Å²) in [5.41, 5.74) is 5.02. The van der Waals surface area contributed by atoms with Crippen molar-refractivity contribution in [2.75, 3.05) is 10.6 Å². The Labute approximate surface area is 170 Å². The first-order chi connectivity index (χ1) is 14.0. The Hall–Kier alpha value is -3.72.